The van der Waals surface area contributed by atoms with Crippen molar-refractivity contribution in [3.8, 4) is 5.75 Å². The van der Waals surface area contributed by atoms with Gasteiger partial charge in [-0.15, -0.1) is 11.3 Å². The van der Waals surface area contributed by atoms with Gasteiger partial charge in [0.1, 0.15) is 5.75 Å². The van der Waals surface area contributed by atoms with Gasteiger partial charge >= 0.3 is 10.3 Å². The van der Waals surface area contributed by atoms with Crippen LogP contribution in [0.15, 0.2) is 53.9 Å². The molecule has 1 aromatic heterocycles. The van der Waals surface area contributed by atoms with Gasteiger partial charge in [-0.3, -0.25) is 9.27 Å². The third-order valence-electron chi connectivity index (χ3n) is 4.76. The first-order valence-corrected chi connectivity index (χ1v) is 14.5. The Morgan fingerprint density at radius 3 is 2.41 bits per heavy atom. The number of nitrogens with zero attached hydrogens (tertiary/aromatic N) is 1. The highest BCUT2D eigenvalue weighted by atomic mass is 32.2. The number of nitrogens with one attached hydrogen (secondary N) is 2. The summed E-state index contributed by atoms with van der Waals surface area (Å²) in [4.78, 5) is 4.57. The van der Waals surface area contributed by atoms with Crippen LogP contribution in [0.5, 0.6) is 5.75 Å². The molecule has 184 valence electrons. The Balaban J connectivity index is 1.81. The Kier molecular flexibility index (Phi) is 8.66. The molecule has 0 aliphatic heterocycles. The Hall–Kier alpha value is -2.51. The molecule has 2 aromatic carbocycles. The summed E-state index contributed by atoms with van der Waals surface area (Å²) < 4.78 is 67.2. The molecule has 0 aliphatic rings. The summed E-state index contributed by atoms with van der Waals surface area (Å²) in [5.41, 5.74) is 2.18. The summed E-state index contributed by atoms with van der Waals surface area (Å²) in [7, 11) is -8.11. The standard InChI is InChI=1S/C22H27N3O6S3/c1-3-22-23-21(14-32-22)20(13-16-8-10-18(11-9-16)24-34(28,29)30)25-33(26,27)15-17-6-5-7-19(12-17)31-4-2/h5-12,14,20,24-25H,3-4,13,15H2,1-2H3,(H,28,29,30)/t20-/m0/s1. The Labute approximate surface area is 204 Å². The van der Waals surface area contributed by atoms with Crippen LogP contribution in [0.1, 0.15) is 41.7 Å². The maximum atomic E-state index is 13.0. The van der Waals surface area contributed by atoms with Gasteiger partial charge in [0.2, 0.25) is 10.0 Å². The van der Waals surface area contributed by atoms with Gasteiger partial charge in [-0.2, -0.15) is 8.42 Å². The highest BCUT2D eigenvalue weighted by Gasteiger charge is 2.23. The molecule has 0 unspecified atom stereocenters. The van der Waals surface area contributed by atoms with Crippen molar-refractivity contribution >= 4 is 37.4 Å². The first-order chi connectivity index (χ1) is 16.1. The second kappa shape index (κ2) is 11.3. The van der Waals surface area contributed by atoms with Crippen molar-refractivity contribution in [1.82, 2.24) is 9.71 Å². The van der Waals surface area contributed by atoms with Crippen LogP contribution in [0.25, 0.3) is 0 Å². The zero-order chi connectivity index (χ0) is 24.8. The summed E-state index contributed by atoms with van der Waals surface area (Å²) in [5.74, 6) is 0.393. The number of benzene rings is 2. The van der Waals surface area contributed by atoms with Gasteiger partial charge < -0.3 is 4.74 Å². The SMILES string of the molecule is CCOc1cccc(CS(=O)(=O)N[C@@H](Cc2ccc(NS(=O)(=O)O)cc2)c2csc(CC)n2)c1. The van der Waals surface area contributed by atoms with Crippen LogP contribution in [-0.2, 0) is 38.9 Å². The number of hydrogen-bond donors (Lipinski definition) is 3. The minimum atomic E-state index is -4.38. The van der Waals surface area contributed by atoms with E-state index in [0.717, 1.165) is 17.0 Å². The number of hydrogen-bond acceptors (Lipinski definition) is 7. The van der Waals surface area contributed by atoms with Crippen LogP contribution < -0.4 is 14.2 Å². The van der Waals surface area contributed by atoms with Crippen LogP contribution in [-0.4, -0.2) is 33.0 Å². The zero-order valence-corrected chi connectivity index (χ0v) is 21.2. The molecule has 0 bridgehead atoms. The van der Waals surface area contributed by atoms with E-state index in [0.29, 0.717) is 30.0 Å². The van der Waals surface area contributed by atoms with Crippen molar-refractivity contribution in [1.29, 1.82) is 0 Å². The average molecular weight is 526 g/mol. The minimum absolute atomic E-state index is 0.194. The van der Waals surface area contributed by atoms with E-state index in [1.165, 1.54) is 23.5 Å². The van der Waals surface area contributed by atoms with Gasteiger partial charge in [0.15, 0.2) is 0 Å². The molecule has 3 rings (SSSR count). The molecule has 0 saturated carbocycles. The third-order valence-corrected chi connectivity index (χ3v) is 7.62. The van der Waals surface area contributed by atoms with Gasteiger partial charge in [0, 0.05) is 5.38 Å². The molecule has 1 heterocycles. The van der Waals surface area contributed by atoms with Crippen LogP contribution >= 0.6 is 11.3 Å². The molecule has 34 heavy (non-hydrogen) atoms. The van der Waals surface area contributed by atoms with Gasteiger partial charge in [-0.1, -0.05) is 31.2 Å². The van der Waals surface area contributed by atoms with Crippen molar-refractivity contribution in [2.24, 2.45) is 0 Å². The average Bonchev–Trinajstić information content (AvgIpc) is 3.23. The topological polar surface area (TPSA) is 135 Å². The number of aromatic nitrogens is 1. The van der Waals surface area contributed by atoms with Crippen molar-refractivity contribution in [2.75, 3.05) is 11.3 Å². The minimum Gasteiger partial charge on any atom is -0.494 e. The lowest BCUT2D eigenvalue weighted by atomic mass is 10.0. The quantitative estimate of drug-likeness (QED) is 0.307. The molecule has 9 nitrogen and oxygen atoms in total. The highest BCUT2D eigenvalue weighted by molar-refractivity contribution is 7.88. The summed E-state index contributed by atoms with van der Waals surface area (Å²) in [6.45, 7) is 4.33. The van der Waals surface area contributed by atoms with Gasteiger partial charge in [0.25, 0.3) is 0 Å². The molecule has 0 saturated heterocycles. The zero-order valence-electron chi connectivity index (χ0n) is 18.8. The molecule has 0 spiro atoms. The molecule has 0 radical (unpaired) electrons. The number of rotatable bonds is 12. The third kappa shape index (κ3) is 8.06. The summed E-state index contributed by atoms with van der Waals surface area (Å²) >= 11 is 1.47. The lowest BCUT2D eigenvalue weighted by Gasteiger charge is -2.18. The van der Waals surface area contributed by atoms with E-state index in [1.54, 1.807) is 36.4 Å². The highest BCUT2D eigenvalue weighted by Crippen LogP contribution is 2.24. The number of aryl methyl sites for hydroxylation is 1. The van der Waals surface area contributed by atoms with Crippen molar-refractivity contribution in [2.45, 2.75) is 38.5 Å². The molecule has 3 aromatic rings. The first kappa shape index (κ1) is 26.1. The molecular formula is C22H27N3O6S3. The van der Waals surface area contributed by atoms with Gasteiger partial charge in [-0.05, 0) is 55.2 Å². The monoisotopic (exact) mass is 525 g/mol. The predicted octanol–water partition coefficient (Wildman–Crippen LogP) is 3.72. The van der Waals surface area contributed by atoms with Gasteiger partial charge in [0.05, 0.1) is 34.8 Å². The lowest BCUT2D eigenvalue weighted by molar-refractivity contribution is 0.340. The molecule has 3 N–H and O–H groups in total. The second-order valence-electron chi connectivity index (χ2n) is 7.51. The van der Waals surface area contributed by atoms with Gasteiger partial charge in [-0.25, -0.2) is 18.1 Å². The van der Waals surface area contributed by atoms with E-state index in [9.17, 15) is 16.8 Å². The first-order valence-electron chi connectivity index (χ1n) is 10.6. The lowest BCUT2D eigenvalue weighted by Crippen LogP contribution is -2.31. The number of thiazole rings is 1. The van der Waals surface area contributed by atoms with Crippen molar-refractivity contribution < 1.29 is 26.1 Å². The largest absolute Gasteiger partial charge is 0.494 e. The van der Waals surface area contributed by atoms with E-state index in [-0.39, 0.29) is 11.4 Å². The summed E-state index contributed by atoms with van der Waals surface area (Å²) in [6, 6.07) is 12.7. The maximum Gasteiger partial charge on any atom is 0.357 e. The normalized spacial score (nSPS) is 12.9. The van der Waals surface area contributed by atoms with E-state index >= 15 is 0 Å². The predicted molar refractivity (Wildman–Crippen MR) is 133 cm³/mol. The smallest absolute Gasteiger partial charge is 0.357 e. The maximum absolute atomic E-state index is 13.0. The van der Waals surface area contributed by atoms with E-state index in [1.807, 2.05) is 23.9 Å². The Bertz CT molecular complexity index is 1310. The summed E-state index contributed by atoms with van der Waals surface area (Å²) in [6.07, 6.45) is 1.04. The Morgan fingerprint density at radius 1 is 1.06 bits per heavy atom. The van der Waals surface area contributed by atoms with Crippen LogP contribution in [0, 0.1) is 0 Å². The van der Waals surface area contributed by atoms with E-state index in [4.69, 9.17) is 9.29 Å². The molecule has 12 heteroatoms. The molecule has 0 amide bonds. The molecule has 0 aliphatic carbocycles. The van der Waals surface area contributed by atoms with Crippen LogP contribution in [0.4, 0.5) is 5.69 Å². The van der Waals surface area contributed by atoms with E-state index < -0.39 is 26.4 Å². The number of sulfonamides is 1. The van der Waals surface area contributed by atoms with Crippen LogP contribution in [0.2, 0.25) is 0 Å². The second-order valence-corrected chi connectivity index (χ2v) is 11.4. The fraction of sp³-hybridized carbons (Fsp3) is 0.318. The fourth-order valence-corrected chi connectivity index (χ4v) is 5.89. The Morgan fingerprint density at radius 2 is 1.79 bits per heavy atom. The summed E-state index contributed by atoms with van der Waals surface area (Å²) in [5, 5.41) is 2.74. The molecular weight excluding hydrogens is 498 g/mol. The fourth-order valence-electron chi connectivity index (χ4n) is 3.32. The van der Waals surface area contributed by atoms with Crippen molar-refractivity contribution in [3.63, 3.8) is 0 Å². The van der Waals surface area contributed by atoms with E-state index in [2.05, 4.69) is 9.71 Å². The molecule has 0 fully saturated rings. The van der Waals surface area contributed by atoms with Crippen molar-refractivity contribution in [3.05, 3.63) is 75.7 Å². The number of ether oxygens (including phenoxy) is 1. The number of anilines is 1. The van der Waals surface area contributed by atoms with Crippen LogP contribution in [0.3, 0.4) is 0 Å². The molecule has 1 atom stereocenters.